The standard InChI is InChI=1S/C27H38N8O5/c1-26(2)10-11-39-19-15(8-5-9-16(19)26)22(37)31-18-13-35-24(29)32-17(12-30-25(38)40-14-6-3-4-7-14)20-27(35,21(18)36)34-23(28)33-20/h5,8-9,14,17-18,20-21,36H,3-4,6-7,10-13H2,1-2H3,(H2,29,32)(H,30,38)(H,31,37)(H3,28,33,34)/t17-,18?,20?,21+,27?/m0/s1. The van der Waals surface area contributed by atoms with E-state index in [1.165, 1.54) is 0 Å². The van der Waals surface area contributed by atoms with Gasteiger partial charge in [-0.05, 0) is 43.6 Å². The Hall–Kier alpha value is -3.74. The Kier molecular flexibility index (Phi) is 6.43. The minimum absolute atomic E-state index is 0.0104. The van der Waals surface area contributed by atoms with Crippen LogP contribution in [0.5, 0.6) is 5.75 Å². The van der Waals surface area contributed by atoms with E-state index in [1.54, 1.807) is 11.0 Å². The summed E-state index contributed by atoms with van der Waals surface area (Å²) in [5, 5.41) is 43.6. The summed E-state index contributed by atoms with van der Waals surface area (Å²) in [6.45, 7) is 5.02. The minimum Gasteiger partial charge on any atom is -0.492 e. The second-order valence-corrected chi connectivity index (χ2v) is 12.0. The van der Waals surface area contributed by atoms with E-state index in [1.807, 2.05) is 12.1 Å². The number of carbonyl (C=O) groups is 2. The van der Waals surface area contributed by atoms with Gasteiger partial charge in [0.2, 0.25) is 0 Å². The van der Waals surface area contributed by atoms with Crippen molar-refractivity contribution >= 4 is 23.9 Å². The summed E-state index contributed by atoms with van der Waals surface area (Å²) >= 11 is 0. The number of ether oxygens (including phenoxy) is 2. The van der Waals surface area contributed by atoms with Gasteiger partial charge in [-0.2, -0.15) is 0 Å². The van der Waals surface area contributed by atoms with Gasteiger partial charge in [0, 0.05) is 18.7 Å². The highest BCUT2D eigenvalue weighted by molar-refractivity contribution is 5.98. The van der Waals surface area contributed by atoms with Gasteiger partial charge in [0.25, 0.3) is 5.91 Å². The quantitative estimate of drug-likeness (QED) is 0.253. The number of nitrogens with zero attached hydrogens (tertiary/aromatic N) is 1. The average molecular weight is 555 g/mol. The number of benzene rings is 1. The molecule has 1 spiro atoms. The van der Waals surface area contributed by atoms with Gasteiger partial charge in [-0.1, -0.05) is 26.0 Å². The first-order valence-electron chi connectivity index (χ1n) is 14.1. The van der Waals surface area contributed by atoms with Crippen LogP contribution in [0, 0.1) is 10.8 Å². The third-order valence-corrected chi connectivity index (χ3v) is 9.07. The zero-order valence-electron chi connectivity index (χ0n) is 22.8. The fourth-order valence-corrected chi connectivity index (χ4v) is 6.89. The van der Waals surface area contributed by atoms with Crippen LogP contribution >= 0.6 is 0 Å². The third kappa shape index (κ3) is 4.27. The number of hydrogen-bond donors (Lipinski definition) is 8. The van der Waals surface area contributed by atoms with Gasteiger partial charge in [0.15, 0.2) is 17.6 Å². The van der Waals surface area contributed by atoms with E-state index in [2.05, 4.69) is 40.4 Å². The topological polar surface area (TPSA) is 184 Å². The van der Waals surface area contributed by atoms with Gasteiger partial charge in [-0.25, -0.2) is 4.79 Å². The SMILES string of the molecule is CC1(C)CCOc2c(C(=O)NC3CN4C(=N)N[C@@H](CNC(=O)OC5CCCC5)C5NC(=N)NC54[C@@H]3O)cccc21. The van der Waals surface area contributed by atoms with Crippen LogP contribution in [0.3, 0.4) is 0 Å². The summed E-state index contributed by atoms with van der Waals surface area (Å²) in [4.78, 5) is 27.6. The number of fused-ring (bicyclic) bond motifs is 1. The van der Waals surface area contributed by atoms with Crippen LogP contribution in [0.15, 0.2) is 18.2 Å². The number of rotatable bonds is 5. The van der Waals surface area contributed by atoms with Gasteiger partial charge in [0.1, 0.15) is 18.0 Å². The number of hydrogen-bond acceptors (Lipinski definition) is 7. The zero-order valence-corrected chi connectivity index (χ0v) is 22.8. The van der Waals surface area contributed by atoms with Gasteiger partial charge >= 0.3 is 6.09 Å². The minimum atomic E-state index is -1.27. The maximum atomic E-state index is 13.5. The molecular weight excluding hydrogens is 516 g/mol. The van der Waals surface area contributed by atoms with Crippen LogP contribution in [0.2, 0.25) is 0 Å². The maximum Gasteiger partial charge on any atom is 0.407 e. The molecule has 4 heterocycles. The molecule has 5 atom stereocenters. The summed E-state index contributed by atoms with van der Waals surface area (Å²) in [7, 11) is 0. The number of aliphatic hydroxyl groups is 1. The molecule has 0 bridgehead atoms. The lowest BCUT2D eigenvalue weighted by molar-refractivity contribution is 0.00581. The molecule has 13 nitrogen and oxygen atoms in total. The lowest BCUT2D eigenvalue weighted by Crippen LogP contribution is -2.78. The Morgan fingerprint density at radius 1 is 1.23 bits per heavy atom. The summed E-state index contributed by atoms with van der Waals surface area (Å²) in [6.07, 6.45) is 2.88. The van der Waals surface area contributed by atoms with Gasteiger partial charge in [-0.15, -0.1) is 0 Å². The molecule has 5 aliphatic rings. The lowest BCUT2D eigenvalue weighted by atomic mass is 9.79. The van der Waals surface area contributed by atoms with Crippen molar-refractivity contribution in [1.82, 2.24) is 31.5 Å². The molecule has 13 heteroatoms. The highest BCUT2D eigenvalue weighted by Crippen LogP contribution is 2.41. The number of para-hydroxylation sites is 1. The Morgan fingerprint density at radius 3 is 2.77 bits per heavy atom. The van der Waals surface area contributed by atoms with E-state index in [-0.39, 0.29) is 42.4 Å². The van der Waals surface area contributed by atoms with Crippen molar-refractivity contribution in [2.45, 2.75) is 87.4 Å². The smallest absolute Gasteiger partial charge is 0.407 e. The van der Waals surface area contributed by atoms with Gasteiger partial charge < -0.3 is 46.1 Å². The summed E-state index contributed by atoms with van der Waals surface area (Å²) < 4.78 is 11.4. The first-order valence-corrected chi connectivity index (χ1v) is 14.1. The number of aliphatic hydroxyl groups excluding tert-OH is 1. The Morgan fingerprint density at radius 2 is 2.00 bits per heavy atom. The molecule has 8 N–H and O–H groups in total. The van der Waals surface area contributed by atoms with Crippen molar-refractivity contribution in [1.29, 1.82) is 10.8 Å². The Balaban J connectivity index is 1.19. The molecule has 3 unspecified atom stereocenters. The number of nitrogens with one attached hydrogen (secondary N) is 7. The molecule has 4 fully saturated rings. The van der Waals surface area contributed by atoms with E-state index >= 15 is 0 Å². The molecule has 1 aliphatic carbocycles. The van der Waals surface area contributed by atoms with Gasteiger partial charge in [0.05, 0.1) is 30.3 Å². The molecular formula is C27H38N8O5. The molecule has 1 saturated carbocycles. The molecule has 0 aromatic heterocycles. The Labute approximate surface area is 232 Å². The van der Waals surface area contributed by atoms with Crippen molar-refractivity contribution in [3.8, 4) is 5.75 Å². The predicted octanol–water partition coefficient (Wildman–Crippen LogP) is 0.289. The fourth-order valence-electron chi connectivity index (χ4n) is 6.89. The zero-order chi connectivity index (χ0) is 28.2. The lowest BCUT2D eigenvalue weighted by Gasteiger charge is -2.49. The number of alkyl carbamates (subject to hydrolysis) is 1. The molecule has 3 saturated heterocycles. The molecule has 2 amide bonds. The number of carbonyl (C=O) groups excluding carboxylic acids is 2. The largest absolute Gasteiger partial charge is 0.492 e. The normalized spacial score (nSPS) is 32.0. The second kappa shape index (κ2) is 9.72. The van der Waals surface area contributed by atoms with Crippen LogP contribution in [-0.4, -0.2) is 89.6 Å². The highest BCUT2D eigenvalue weighted by atomic mass is 16.6. The van der Waals surface area contributed by atoms with Crippen molar-refractivity contribution < 1.29 is 24.2 Å². The van der Waals surface area contributed by atoms with Crippen molar-refractivity contribution in [3.63, 3.8) is 0 Å². The Bertz CT molecular complexity index is 1230. The second-order valence-electron chi connectivity index (χ2n) is 12.0. The van der Waals surface area contributed by atoms with Crippen LogP contribution in [0.1, 0.15) is 61.9 Å². The van der Waals surface area contributed by atoms with Crippen LogP contribution in [0.4, 0.5) is 4.79 Å². The van der Waals surface area contributed by atoms with Crippen molar-refractivity contribution in [3.05, 3.63) is 29.3 Å². The van der Waals surface area contributed by atoms with Crippen LogP contribution < -0.4 is 31.3 Å². The molecule has 40 heavy (non-hydrogen) atoms. The first kappa shape index (κ1) is 26.5. The monoisotopic (exact) mass is 554 g/mol. The predicted molar refractivity (Wildman–Crippen MR) is 145 cm³/mol. The summed E-state index contributed by atoms with van der Waals surface area (Å²) in [5.74, 6) is 0.197. The molecule has 4 aliphatic heterocycles. The summed E-state index contributed by atoms with van der Waals surface area (Å²) in [6, 6.07) is 3.66. The average Bonchev–Trinajstić information content (AvgIpc) is 3.61. The maximum absolute atomic E-state index is 13.5. The van der Waals surface area contributed by atoms with Crippen LogP contribution in [0.25, 0.3) is 0 Å². The van der Waals surface area contributed by atoms with E-state index in [0.717, 1.165) is 37.7 Å². The highest BCUT2D eigenvalue weighted by Gasteiger charge is 2.66. The number of amides is 2. The third-order valence-electron chi connectivity index (χ3n) is 9.07. The van der Waals surface area contributed by atoms with Gasteiger partial charge in [-0.3, -0.25) is 15.6 Å². The summed E-state index contributed by atoms with van der Waals surface area (Å²) in [5.41, 5.74) is -0.0280. The number of guanidine groups is 2. The molecule has 6 rings (SSSR count). The molecule has 1 aromatic rings. The van der Waals surface area contributed by atoms with Crippen molar-refractivity contribution in [2.75, 3.05) is 19.7 Å². The van der Waals surface area contributed by atoms with E-state index in [9.17, 15) is 14.7 Å². The molecule has 1 aromatic carbocycles. The first-order chi connectivity index (χ1) is 19.1. The van der Waals surface area contributed by atoms with Crippen molar-refractivity contribution in [2.24, 2.45) is 0 Å². The van der Waals surface area contributed by atoms with E-state index < -0.39 is 36.0 Å². The van der Waals surface area contributed by atoms with Crippen LogP contribution in [-0.2, 0) is 10.2 Å². The molecule has 216 valence electrons. The molecule has 0 radical (unpaired) electrons. The fraction of sp³-hybridized carbons (Fsp3) is 0.630. The van der Waals surface area contributed by atoms with E-state index in [0.29, 0.717) is 17.9 Å². The van der Waals surface area contributed by atoms with E-state index in [4.69, 9.17) is 20.3 Å².